The van der Waals surface area contributed by atoms with Crippen molar-refractivity contribution in [2.45, 2.75) is 6.42 Å². The number of fused-ring (bicyclic) bond motifs is 1. The van der Waals surface area contributed by atoms with Gasteiger partial charge in [0.1, 0.15) is 11.5 Å². The Bertz CT molecular complexity index is 1160. The Hall–Kier alpha value is -3.10. The van der Waals surface area contributed by atoms with Crippen LogP contribution in [0.15, 0.2) is 53.9 Å². The molecule has 4 aromatic rings. The molecule has 0 saturated carbocycles. The molecule has 0 unspecified atom stereocenters. The minimum absolute atomic E-state index is 0.150. The molecular weight excluding hydrogens is 412 g/mol. The number of para-hydroxylation sites is 2. The number of halogens is 1. The Morgan fingerprint density at radius 2 is 1.93 bits per heavy atom. The lowest BCUT2D eigenvalue weighted by molar-refractivity contribution is -0.116. The smallest absolute Gasteiger partial charge is 0.250 e. The number of amides is 1. The van der Waals surface area contributed by atoms with Crippen LogP contribution in [0.3, 0.4) is 0 Å². The predicted molar refractivity (Wildman–Crippen MR) is 113 cm³/mol. The van der Waals surface area contributed by atoms with Gasteiger partial charge in [0, 0.05) is 10.9 Å². The summed E-state index contributed by atoms with van der Waals surface area (Å²) in [7, 11) is 1.63. The van der Waals surface area contributed by atoms with Crippen LogP contribution in [0.5, 0.6) is 11.5 Å². The van der Waals surface area contributed by atoms with E-state index in [9.17, 15) is 4.79 Å². The standard InChI is InChI=1S/C20H17ClN4O3S/c1-27-16-8-4-2-6-13(16)15-12-29-20-23-19(24-25(15)20)22-18(26)10-11-28-17-9-5-3-7-14(17)21/h2-9,12H,10-11H2,1H3,(H,22,24,26). The molecule has 0 radical (unpaired) electrons. The highest BCUT2D eigenvalue weighted by atomic mass is 35.5. The number of benzene rings is 2. The van der Waals surface area contributed by atoms with E-state index < -0.39 is 0 Å². The summed E-state index contributed by atoms with van der Waals surface area (Å²) in [5, 5.41) is 9.58. The Kier molecular flexibility index (Phi) is 5.64. The first-order valence-corrected chi connectivity index (χ1v) is 10.1. The normalized spacial score (nSPS) is 10.8. The van der Waals surface area contributed by atoms with Crippen LogP contribution in [0.1, 0.15) is 6.42 Å². The molecule has 0 aliphatic heterocycles. The quantitative estimate of drug-likeness (QED) is 0.468. The average molecular weight is 429 g/mol. The van der Waals surface area contributed by atoms with Crippen molar-refractivity contribution in [3.63, 3.8) is 0 Å². The monoisotopic (exact) mass is 428 g/mol. The fourth-order valence-corrected chi connectivity index (χ4v) is 3.79. The lowest BCUT2D eigenvalue weighted by Gasteiger charge is -2.07. The number of carbonyl (C=O) groups excluding carboxylic acids is 1. The maximum absolute atomic E-state index is 12.2. The Labute approximate surface area is 175 Å². The summed E-state index contributed by atoms with van der Waals surface area (Å²) in [5.41, 5.74) is 1.75. The van der Waals surface area contributed by atoms with E-state index in [0.29, 0.717) is 15.7 Å². The summed E-state index contributed by atoms with van der Waals surface area (Å²) in [6, 6.07) is 14.8. The predicted octanol–water partition coefficient (Wildman–Crippen LogP) is 4.53. The molecule has 0 atom stereocenters. The van der Waals surface area contributed by atoms with Gasteiger partial charge in [-0.2, -0.15) is 4.98 Å². The number of ether oxygens (including phenoxy) is 2. The van der Waals surface area contributed by atoms with Crippen molar-refractivity contribution in [2.24, 2.45) is 0 Å². The fourth-order valence-electron chi connectivity index (χ4n) is 2.78. The minimum atomic E-state index is -0.242. The van der Waals surface area contributed by atoms with Crippen molar-refractivity contribution in [3.05, 3.63) is 58.9 Å². The summed E-state index contributed by atoms with van der Waals surface area (Å²) in [6.45, 7) is 0.199. The van der Waals surface area contributed by atoms with Crippen LogP contribution in [-0.2, 0) is 4.79 Å². The highest BCUT2D eigenvalue weighted by Gasteiger charge is 2.15. The zero-order valence-corrected chi connectivity index (χ0v) is 17.0. The van der Waals surface area contributed by atoms with Crippen LogP contribution in [0.4, 0.5) is 5.95 Å². The van der Waals surface area contributed by atoms with Gasteiger partial charge in [-0.25, -0.2) is 4.52 Å². The summed E-state index contributed by atoms with van der Waals surface area (Å²) >= 11 is 7.47. The molecule has 2 heterocycles. The van der Waals surface area contributed by atoms with Crippen LogP contribution in [0, 0.1) is 0 Å². The molecule has 2 aromatic heterocycles. The van der Waals surface area contributed by atoms with Crippen LogP contribution >= 0.6 is 22.9 Å². The van der Waals surface area contributed by atoms with Gasteiger partial charge in [-0.3, -0.25) is 10.1 Å². The van der Waals surface area contributed by atoms with E-state index in [-0.39, 0.29) is 24.9 Å². The van der Waals surface area contributed by atoms with Crippen LogP contribution in [0.25, 0.3) is 16.2 Å². The van der Waals surface area contributed by atoms with E-state index in [2.05, 4.69) is 15.4 Å². The SMILES string of the molecule is COc1ccccc1-c1csc2nc(NC(=O)CCOc3ccccc3Cl)nn12. The number of methoxy groups -OCH3 is 1. The zero-order chi connectivity index (χ0) is 20.2. The molecule has 0 aliphatic rings. The largest absolute Gasteiger partial charge is 0.496 e. The highest BCUT2D eigenvalue weighted by Crippen LogP contribution is 2.32. The number of carbonyl (C=O) groups is 1. The topological polar surface area (TPSA) is 77.8 Å². The number of rotatable bonds is 7. The lowest BCUT2D eigenvalue weighted by atomic mass is 10.1. The number of hydrogen-bond donors (Lipinski definition) is 1. The Morgan fingerprint density at radius 1 is 1.17 bits per heavy atom. The van der Waals surface area contributed by atoms with E-state index in [0.717, 1.165) is 17.0 Å². The van der Waals surface area contributed by atoms with Crippen LogP contribution in [0.2, 0.25) is 5.02 Å². The molecule has 0 saturated heterocycles. The van der Waals surface area contributed by atoms with Gasteiger partial charge in [0.2, 0.25) is 16.8 Å². The van der Waals surface area contributed by atoms with E-state index >= 15 is 0 Å². The van der Waals surface area contributed by atoms with Gasteiger partial charge >= 0.3 is 0 Å². The Morgan fingerprint density at radius 3 is 2.72 bits per heavy atom. The van der Waals surface area contributed by atoms with Crippen LogP contribution in [-0.4, -0.2) is 34.2 Å². The van der Waals surface area contributed by atoms with E-state index in [1.807, 2.05) is 41.8 Å². The highest BCUT2D eigenvalue weighted by molar-refractivity contribution is 7.15. The molecule has 1 amide bonds. The van der Waals surface area contributed by atoms with E-state index in [1.165, 1.54) is 11.3 Å². The van der Waals surface area contributed by atoms with Crippen molar-refractivity contribution < 1.29 is 14.3 Å². The van der Waals surface area contributed by atoms with Gasteiger partial charge < -0.3 is 9.47 Å². The molecule has 148 valence electrons. The third kappa shape index (κ3) is 4.18. The summed E-state index contributed by atoms with van der Waals surface area (Å²) in [6.07, 6.45) is 0.150. The molecule has 4 rings (SSSR count). The third-order valence-electron chi connectivity index (χ3n) is 4.14. The Balaban J connectivity index is 1.43. The second-order valence-corrected chi connectivity index (χ2v) is 7.27. The van der Waals surface area contributed by atoms with Gasteiger partial charge in [-0.15, -0.1) is 16.4 Å². The van der Waals surface area contributed by atoms with Crippen molar-refractivity contribution in [2.75, 3.05) is 19.0 Å². The number of hydrogen-bond acceptors (Lipinski definition) is 6. The van der Waals surface area contributed by atoms with Gasteiger partial charge in [0.05, 0.1) is 30.9 Å². The van der Waals surface area contributed by atoms with Crippen molar-refractivity contribution in [1.29, 1.82) is 0 Å². The van der Waals surface area contributed by atoms with Crippen molar-refractivity contribution in [1.82, 2.24) is 14.6 Å². The first kappa shape index (κ1) is 19.2. The molecule has 0 spiro atoms. The average Bonchev–Trinajstić information content (AvgIpc) is 3.29. The zero-order valence-electron chi connectivity index (χ0n) is 15.5. The minimum Gasteiger partial charge on any atom is -0.496 e. The molecule has 0 aliphatic carbocycles. The number of nitrogens with zero attached hydrogens (tertiary/aromatic N) is 3. The number of thiazole rings is 1. The first-order chi connectivity index (χ1) is 14.2. The number of anilines is 1. The first-order valence-electron chi connectivity index (χ1n) is 8.80. The molecular formula is C20H17ClN4O3S. The molecule has 0 fully saturated rings. The summed E-state index contributed by atoms with van der Waals surface area (Å²) in [5.74, 6) is 1.29. The van der Waals surface area contributed by atoms with Crippen LogP contribution < -0.4 is 14.8 Å². The summed E-state index contributed by atoms with van der Waals surface area (Å²) in [4.78, 5) is 17.3. The molecule has 29 heavy (non-hydrogen) atoms. The number of aromatic nitrogens is 3. The third-order valence-corrected chi connectivity index (χ3v) is 5.27. The van der Waals surface area contributed by atoms with Gasteiger partial charge in [-0.05, 0) is 24.3 Å². The maximum Gasteiger partial charge on any atom is 0.250 e. The second-order valence-electron chi connectivity index (χ2n) is 6.03. The van der Waals surface area contributed by atoms with Gasteiger partial charge in [0.15, 0.2) is 0 Å². The molecule has 1 N–H and O–H groups in total. The molecule has 0 bridgehead atoms. The van der Waals surface area contributed by atoms with Gasteiger partial charge in [-0.1, -0.05) is 35.9 Å². The molecule has 9 heteroatoms. The lowest BCUT2D eigenvalue weighted by Crippen LogP contribution is -2.16. The van der Waals surface area contributed by atoms with Crippen molar-refractivity contribution in [3.8, 4) is 22.8 Å². The van der Waals surface area contributed by atoms with Gasteiger partial charge in [0.25, 0.3) is 0 Å². The number of nitrogens with one attached hydrogen (secondary N) is 1. The fraction of sp³-hybridized carbons (Fsp3) is 0.150. The molecule has 7 nitrogen and oxygen atoms in total. The van der Waals surface area contributed by atoms with E-state index in [1.54, 1.807) is 23.8 Å². The maximum atomic E-state index is 12.2. The summed E-state index contributed by atoms with van der Waals surface area (Å²) < 4.78 is 12.7. The van der Waals surface area contributed by atoms with Crippen molar-refractivity contribution >= 4 is 39.8 Å². The van der Waals surface area contributed by atoms with E-state index in [4.69, 9.17) is 21.1 Å². The second kappa shape index (κ2) is 8.50. The molecule has 2 aromatic carbocycles.